The molecule has 14 heavy (non-hydrogen) atoms. The van der Waals surface area contributed by atoms with Crippen molar-refractivity contribution in [1.29, 1.82) is 0 Å². The van der Waals surface area contributed by atoms with Crippen LogP contribution in [0.4, 0.5) is 0 Å². The third-order valence-corrected chi connectivity index (χ3v) is 2.09. The normalized spacial score (nSPS) is 15.1. The molecule has 1 aromatic heterocycles. The van der Waals surface area contributed by atoms with Gasteiger partial charge in [0.1, 0.15) is 0 Å². The van der Waals surface area contributed by atoms with E-state index in [-0.39, 0.29) is 6.42 Å². The number of aliphatic carboxylic acids is 1. The highest BCUT2D eigenvalue weighted by molar-refractivity contribution is 5.76. The van der Waals surface area contributed by atoms with Gasteiger partial charge in [-0.05, 0) is 19.4 Å². The predicted octanol–water partition coefficient (Wildman–Crippen LogP) is 0.107. The number of aromatic nitrogens is 2. The third kappa shape index (κ3) is 2.11. The van der Waals surface area contributed by atoms with Gasteiger partial charge in [0.15, 0.2) is 5.60 Å². The van der Waals surface area contributed by atoms with Crippen LogP contribution in [0.1, 0.15) is 18.2 Å². The molecule has 1 heterocycles. The average Bonchev–Trinajstić information content (AvgIpc) is 2.29. The number of carboxylic acids is 1. The molecule has 1 aromatic rings. The van der Waals surface area contributed by atoms with Gasteiger partial charge in [0.2, 0.25) is 0 Å². The minimum atomic E-state index is -1.75. The van der Waals surface area contributed by atoms with Crippen molar-refractivity contribution in [2.45, 2.75) is 25.9 Å². The maximum absolute atomic E-state index is 10.7. The lowest BCUT2D eigenvalue weighted by atomic mass is 9.99. The number of nitrogens with zero attached hydrogens (tertiary/aromatic N) is 2. The molecule has 0 spiro atoms. The Morgan fingerprint density at radius 3 is 2.64 bits per heavy atom. The van der Waals surface area contributed by atoms with Crippen LogP contribution in [0.3, 0.4) is 0 Å². The molecule has 0 fully saturated rings. The van der Waals surface area contributed by atoms with Gasteiger partial charge in [-0.2, -0.15) is 5.10 Å². The van der Waals surface area contributed by atoms with Gasteiger partial charge in [-0.15, -0.1) is 0 Å². The predicted molar refractivity (Wildman–Crippen MR) is 49.9 cm³/mol. The van der Waals surface area contributed by atoms with E-state index >= 15 is 0 Å². The summed E-state index contributed by atoms with van der Waals surface area (Å²) in [7, 11) is 1.76. The van der Waals surface area contributed by atoms with Crippen molar-refractivity contribution in [3.8, 4) is 0 Å². The van der Waals surface area contributed by atoms with Gasteiger partial charge in [-0.3, -0.25) is 4.68 Å². The summed E-state index contributed by atoms with van der Waals surface area (Å²) in [5.74, 6) is -1.23. The molecule has 1 atom stereocenters. The van der Waals surface area contributed by atoms with E-state index in [1.807, 2.05) is 6.92 Å². The smallest absolute Gasteiger partial charge is 0.335 e. The van der Waals surface area contributed by atoms with Crippen molar-refractivity contribution in [2.24, 2.45) is 7.05 Å². The summed E-state index contributed by atoms with van der Waals surface area (Å²) in [6.07, 6.45) is 1.81. The highest BCUT2D eigenvalue weighted by Crippen LogP contribution is 2.14. The molecule has 1 unspecified atom stereocenters. The molecule has 0 bridgehead atoms. The Hall–Kier alpha value is -1.36. The molecule has 5 heteroatoms. The van der Waals surface area contributed by atoms with Crippen molar-refractivity contribution in [1.82, 2.24) is 9.78 Å². The lowest BCUT2D eigenvalue weighted by Crippen LogP contribution is -2.37. The Morgan fingerprint density at radius 1 is 1.71 bits per heavy atom. The molecule has 78 valence electrons. The van der Waals surface area contributed by atoms with Gasteiger partial charge in [-0.25, -0.2) is 4.79 Å². The first kappa shape index (κ1) is 10.7. The molecule has 0 aliphatic rings. The molecule has 0 aliphatic carbocycles. The van der Waals surface area contributed by atoms with E-state index in [2.05, 4.69) is 5.10 Å². The second-order valence-electron chi connectivity index (χ2n) is 3.69. The van der Waals surface area contributed by atoms with E-state index in [1.54, 1.807) is 17.9 Å². The second kappa shape index (κ2) is 3.42. The lowest BCUT2D eigenvalue weighted by molar-refractivity contribution is -0.156. The van der Waals surface area contributed by atoms with Crippen molar-refractivity contribution in [3.63, 3.8) is 0 Å². The number of carbonyl (C=O) groups is 1. The maximum Gasteiger partial charge on any atom is 0.335 e. The number of aryl methyl sites for hydroxylation is 2. The molecule has 0 aliphatic heterocycles. The van der Waals surface area contributed by atoms with Gasteiger partial charge in [0.05, 0.1) is 5.69 Å². The summed E-state index contributed by atoms with van der Waals surface area (Å²) in [6.45, 7) is 3.10. The van der Waals surface area contributed by atoms with E-state index in [0.717, 1.165) is 5.56 Å². The number of hydrogen-bond donors (Lipinski definition) is 2. The summed E-state index contributed by atoms with van der Waals surface area (Å²) < 4.78 is 1.60. The zero-order chi connectivity index (χ0) is 10.9. The van der Waals surface area contributed by atoms with E-state index in [4.69, 9.17) is 5.11 Å². The molecule has 0 aromatic carbocycles. The van der Waals surface area contributed by atoms with Crippen LogP contribution in [0.2, 0.25) is 0 Å². The van der Waals surface area contributed by atoms with E-state index in [1.165, 1.54) is 6.92 Å². The van der Waals surface area contributed by atoms with Crippen molar-refractivity contribution < 1.29 is 15.0 Å². The largest absolute Gasteiger partial charge is 0.479 e. The number of hydrogen-bond acceptors (Lipinski definition) is 3. The van der Waals surface area contributed by atoms with Crippen molar-refractivity contribution in [2.75, 3.05) is 0 Å². The van der Waals surface area contributed by atoms with Gasteiger partial charge in [0, 0.05) is 19.7 Å². The van der Waals surface area contributed by atoms with Crippen molar-refractivity contribution in [3.05, 3.63) is 17.5 Å². The van der Waals surface area contributed by atoms with Crippen LogP contribution in [0, 0.1) is 6.92 Å². The Kier molecular flexibility index (Phi) is 2.62. The van der Waals surface area contributed by atoms with E-state index < -0.39 is 11.6 Å². The van der Waals surface area contributed by atoms with E-state index in [0.29, 0.717) is 5.69 Å². The average molecular weight is 198 g/mol. The highest BCUT2D eigenvalue weighted by Gasteiger charge is 2.31. The molecule has 1 rings (SSSR count). The summed E-state index contributed by atoms with van der Waals surface area (Å²) in [6, 6.07) is 0. The van der Waals surface area contributed by atoms with Gasteiger partial charge in [-0.1, -0.05) is 0 Å². The topological polar surface area (TPSA) is 75.3 Å². The molecular weight excluding hydrogens is 184 g/mol. The van der Waals surface area contributed by atoms with Gasteiger partial charge < -0.3 is 10.2 Å². The first-order chi connectivity index (χ1) is 6.33. The number of aliphatic hydroxyl groups is 1. The van der Waals surface area contributed by atoms with Gasteiger partial charge >= 0.3 is 5.97 Å². The van der Waals surface area contributed by atoms with Crippen LogP contribution in [0.15, 0.2) is 6.20 Å². The fourth-order valence-electron chi connectivity index (χ4n) is 1.23. The van der Waals surface area contributed by atoms with Crippen LogP contribution in [-0.4, -0.2) is 31.6 Å². The Balaban J connectivity index is 2.88. The molecule has 0 saturated carbocycles. The minimum Gasteiger partial charge on any atom is -0.479 e. The first-order valence-corrected chi connectivity index (χ1v) is 4.28. The number of carboxylic acid groups (broad SMARTS) is 1. The fraction of sp³-hybridized carbons (Fsp3) is 0.556. The summed E-state index contributed by atoms with van der Waals surface area (Å²) in [4.78, 5) is 10.7. The quantitative estimate of drug-likeness (QED) is 0.722. The molecule has 2 N–H and O–H groups in total. The Morgan fingerprint density at radius 2 is 2.29 bits per heavy atom. The zero-order valence-corrected chi connectivity index (χ0v) is 8.48. The van der Waals surface area contributed by atoms with Crippen molar-refractivity contribution >= 4 is 5.97 Å². The summed E-state index contributed by atoms with van der Waals surface area (Å²) in [5.41, 5.74) is -0.257. The van der Waals surface area contributed by atoms with Crippen LogP contribution in [-0.2, 0) is 18.3 Å². The van der Waals surface area contributed by atoms with Crippen LogP contribution in [0.5, 0.6) is 0 Å². The molecule has 0 amide bonds. The van der Waals surface area contributed by atoms with Crippen LogP contribution in [0.25, 0.3) is 0 Å². The Labute approximate surface area is 82.0 Å². The SMILES string of the molecule is Cc1cn(C)nc1CC(C)(O)C(=O)O. The molecular formula is C9H14N2O3. The minimum absolute atomic E-state index is 0.0228. The molecule has 0 radical (unpaired) electrons. The lowest BCUT2D eigenvalue weighted by Gasteiger charge is -2.16. The summed E-state index contributed by atoms with van der Waals surface area (Å²) >= 11 is 0. The second-order valence-corrected chi connectivity index (χ2v) is 3.69. The first-order valence-electron chi connectivity index (χ1n) is 4.28. The standard InChI is InChI=1S/C9H14N2O3/c1-6-5-11(3)10-7(6)4-9(2,14)8(12)13/h5,14H,4H2,1-3H3,(H,12,13). The molecule has 0 saturated heterocycles. The zero-order valence-electron chi connectivity index (χ0n) is 8.48. The summed E-state index contributed by atoms with van der Waals surface area (Å²) in [5, 5.41) is 22.3. The monoisotopic (exact) mass is 198 g/mol. The molecule has 5 nitrogen and oxygen atoms in total. The number of rotatable bonds is 3. The van der Waals surface area contributed by atoms with Crippen LogP contribution >= 0.6 is 0 Å². The van der Waals surface area contributed by atoms with Crippen LogP contribution < -0.4 is 0 Å². The van der Waals surface area contributed by atoms with Gasteiger partial charge in [0.25, 0.3) is 0 Å². The Bertz CT molecular complexity index is 355. The fourth-order valence-corrected chi connectivity index (χ4v) is 1.23. The third-order valence-electron chi connectivity index (χ3n) is 2.09. The maximum atomic E-state index is 10.7. The van der Waals surface area contributed by atoms with E-state index in [9.17, 15) is 9.90 Å². The highest BCUT2D eigenvalue weighted by atomic mass is 16.4.